The number of para-hydroxylation sites is 2. The van der Waals surface area contributed by atoms with Crippen LogP contribution in [0.4, 0.5) is 45.5 Å². The Morgan fingerprint density at radius 3 is 1.92 bits per heavy atom. The van der Waals surface area contributed by atoms with Crippen molar-refractivity contribution in [1.82, 2.24) is 0 Å². The minimum Gasteiger partial charge on any atom is -0.456 e. The van der Waals surface area contributed by atoms with Gasteiger partial charge in [0.15, 0.2) is 0 Å². The highest BCUT2D eigenvalue weighted by Gasteiger charge is 2.57. The van der Waals surface area contributed by atoms with Crippen LogP contribution >= 0.6 is 0 Å². The number of rotatable bonds is 3. The summed E-state index contributed by atoms with van der Waals surface area (Å²) < 4.78 is 6.56. The maximum atomic E-state index is 6.56. The zero-order chi connectivity index (χ0) is 44.1. The van der Waals surface area contributed by atoms with E-state index in [9.17, 15) is 0 Å². The molecule has 64 heavy (non-hydrogen) atoms. The molecule has 4 heterocycles. The smallest absolute Gasteiger partial charge is 0.252 e. The molecule has 0 N–H and O–H groups in total. The van der Waals surface area contributed by atoms with E-state index in [1.165, 1.54) is 104 Å². The van der Waals surface area contributed by atoms with E-state index in [2.05, 4.69) is 217 Å². The normalized spacial score (nSPS) is 20.0. The number of fused-ring (bicyclic) bond motifs is 10. The fourth-order valence-electron chi connectivity index (χ4n) is 12.4. The lowest BCUT2D eigenvalue weighted by molar-refractivity contribution is 0.195. The molecule has 8 aromatic rings. The number of aryl methyl sites for hydroxylation is 1. The Labute approximate surface area is 379 Å². The second-order valence-electron chi connectivity index (χ2n) is 21.8. The van der Waals surface area contributed by atoms with Gasteiger partial charge in [0.05, 0.1) is 5.54 Å². The summed E-state index contributed by atoms with van der Waals surface area (Å²) in [4.78, 5) is 7.85. The fraction of sp³-hybridized carbons (Fsp3) is 0.288. The first-order chi connectivity index (χ1) is 30.6. The number of hydrogen-bond acceptors (Lipinski definition) is 4. The zero-order valence-corrected chi connectivity index (χ0v) is 38.9. The summed E-state index contributed by atoms with van der Waals surface area (Å²) in [7, 11) is 0. The van der Waals surface area contributed by atoms with Gasteiger partial charge in [0.25, 0.3) is 6.71 Å². The molecule has 1 aliphatic carbocycles. The van der Waals surface area contributed by atoms with E-state index in [1.807, 2.05) is 0 Å². The molecule has 7 aromatic carbocycles. The van der Waals surface area contributed by atoms with Crippen molar-refractivity contribution < 1.29 is 4.42 Å². The second-order valence-corrected chi connectivity index (χ2v) is 21.8. The Morgan fingerprint density at radius 2 is 1.16 bits per heavy atom. The summed E-state index contributed by atoms with van der Waals surface area (Å²) >= 11 is 0. The molecule has 0 amide bonds. The topological polar surface area (TPSA) is 22.9 Å². The van der Waals surface area contributed by atoms with Crippen LogP contribution < -0.4 is 31.1 Å². The Morgan fingerprint density at radius 1 is 0.516 bits per heavy atom. The molecule has 2 unspecified atom stereocenters. The van der Waals surface area contributed by atoms with Gasteiger partial charge >= 0.3 is 0 Å². The van der Waals surface area contributed by atoms with Gasteiger partial charge in [-0.15, -0.1) is 0 Å². The molecule has 4 aliphatic rings. The van der Waals surface area contributed by atoms with Crippen molar-refractivity contribution in [2.75, 3.05) is 14.7 Å². The van der Waals surface area contributed by atoms with Crippen LogP contribution in [-0.4, -0.2) is 12.3 Å². The Hall–Kier alpha value is -6.20. The third kappa shape index (κ3) is 5.49. The number of nitrogens with zero attached hydrogens (tertiary/aromatic N) is 3. The van der Waals surface area contributed by atoms with E-state index < -0.39 is 0 Å². The van der Waals surface area contributed by atoms with Crippen molar-refractivity contribution in [1.29, 1.82) is 0 Å². The Kier molecular flexibility index (Phi) is 8.26. The van der Waals surface area contributed by atoms with Crippen LogP contribution in [0.3, 0.4) is 0 Å². The molecule has 0 saturated heterocycles. The lowest BCUT2D eigenvalue weighted by Crippen LogP contribution is -2.61. The predicted molar refractivity (Wildman–Crippen MR) is 273 cm³/mol. The second kappa shape index (κ2) is 13.4. The number of anilines is 8. The minimum atomic E-state index is -0.0425. The maximum Gasteiger partial charge on any atom is 0.252 e. The largest absolute Gasteiger partial charge is 0.456 e. The molecule has 5 heteroatoms. The van der Waals surface area contributed by atoms with Crippen molar-refractivity contribution in [3.05, 3.63) is 162 Å². The summed E-state index contributed by atoms with van der Waals surface area (Å²) in [5, 5.41) is 2.29. The summed E-state index contributed by atoms with van der Waals surface area (Å²) in [5.41, 5.74) is 21.1. The van der Waals surface area contributed by atoms with Gasteiger partial charge in [-0.1, -0.05) is 128 Å². The first-order valence-corrected chi connectivity index (χ1v) is 23.6. The van der Waals surface area contributed by atoms with Crippen molar-refractivity contribution >= 4 is 90.5 Å². The van der Waals surface area contributed by atoms with Crippen LogP contribution in [0.25, 0.3) is 21.9 Å². The summed E-state index contributed by atoms with van der Waals surface area (Å²) in [6, 6.07) is 53.5. The minimum absolute atomic E-state index is 0.0182. The fourth-order valence-corrected chi connectivity index (χ4v) is 12.4. The molecule has 1 aromatic heterocycles. The van der Waals surface area contributed by atoms with Gasteiger partial charge < -0.3 is 19.1 Å². The molecule has 2 atom stereocenters. The van der Waals surface area contributed by atoms with Gasteiger partial charge in [-0.05, 0) is 143 Å². The van der Waals surface area contributed by atoms with E-state index in [-0.39, 0.29) is 28.5 Å². The first kappa shape index (κ1) is 39.4. The summed E-state index contributed by atoms with van der Waals surface area (Å²) in [5.74, 6) is 0. The number of furan rings is 1. The Bertz CT molecular complexity index is 3220. The quantitative estimate of drug-likeness (QED) is 0.165. The van der Waals surface area contributed by atoms with Crippen LogP contribution in [0.5, 0.6) is 0 Å². The van der Waals surface area contributed by atoms with Crippen LogP contribution in [0.15, 0.2) is 144 Å². The van der Waals surface area contributed by atoms with Gasteiger partial charge in [-0.3, -0.25) is 0 Å². The van der Waals surface area contributed by atoms with Gasteiger partial charge in [-0.25, -0.2) is 0 Å². The van der Waals surface area contributed by atoms with E-state index >= 15 is 0 Å². The van der Waals surface area contributed by atoms with E-state index in [4.69, 9.17) is 4.42 Å². The highest BCUT2D eigenvalue weighted by Crippen LogP contribution is 2.61. The monoisotopic (exact) mass is 835 g/mol. The average molecular weight is 836 g/mol. The van der Waals surface area contributed by atoms with Crippen LogP contribution in [0.2, 0.25) is 0 Å². The molecule has 4 nitrogen and oxygen atoms in total. The molecular formula is C59H58BN3O. The van der Waals surface area contributed by atoms with Crippen molar-refractivity contribution in [3.8, 4) is 0 Å². The van der Waals surface area contributed by atoms with Crippen LogP contribution in [-0.2, 0) is 16.2 Å². The van der Waals surface area contributed by atoms with Crippen molar-refractivity contribution in [2.24, 2.45) is 0 Å². The van der Waals surface area contributed by atoms with Crippen molar-refractivity contribution in [3.63, 3.8) is 0 Å². The first-order valence-electron chi connectivity index (χ1n) is 23.6. The number of hydrogen-bond donors (Lipinski definition) is 0. The maximum absolute atomic E-state index is 6.56. The van der Waals surface area contributed by atoms with Crippen LogP contribution in [0, 0.1) is 6.92 Å². The SMILES string of the molecule is Cc1cc2c3c(c1)N(c1ccc(C(C)(C)C)cc1)c1cc(N4c5ccccc5C5(C)CCCCC45C)ccc1B3c1cc(C(C)(C)C)ccc1N2c1ccc2c(c1)oc1ccccc12. The molecular weight excluding hydrogens is 777 g/mol. The number of benzene rings is 7. The third-order valence-electron chi connectivity index (χ3n) is 15.9. The van der Waals surface area contributed by atoms with Gasteiger partial charge in [-0.2, -0.15) is 0 Å². The van der Waals surface area contributed by atoms with Gasteiger partial charge in [0.1, 0.15) is 11.2 Å². The van der Waals surface area contributed by atoms with E-state index in [0.29, 0.717) is 0 Å². The highest BCUT2D eigenvalue weighted by atomic mass is 16.3. The lowest BCUT2D eigenvalue weighted by atomic mass is 9.33. The lowest BCUT2D eigenvalue weighted by Gasteiger charge is -2.50. The molecule has 3 aliphatic heterocycles. The molecule has 0 spiro atoms. The standard InChI is InChI=1S/C59H58BN3O/c1-37-32-51-55-52(33-37)62(41-25-27-44-43-16-10-13-19-53(43)64-54(44)36-41)49-29-22-39(57(5,6)7)34-47(49)60(55)46-28-26-42(35-50(46)61(51)40-23-20-38(21-24-40)56(2,3)4)63-48-18-12-11-17-45(48)58(8)30-14-15-31-59(58,63)9/h10-13,16-29,32-36H,14-15,30-31H2,1-9H3. The third-order valence-corrected chi connectivity index (χ3v) is 15.9. The highest BCUT2D eigenvalue weighted by molar-refractivity contribution is 7.00. The van der Waals surface area contributed by atoms with Crippen molar-refractivity contribution in [2.45, 2.75) is 110 Å². The molecule has 1 saturated carbocycles. The molecule has 1 fully saturated rings. The summed E-state index contributed by atoms with van der Waals surface area (Å²) in [6.07, 6.45) is 4.90. The molecule has 318 valence electrons. The zero-order valence-electron chi connectivity index (χ0n) is 38.9. The van der Waals surface area contributed by atoms with Gasteiger partial charge in [0.2, 0.25) is 0 Å². The molecule has 0 radical (unpaired) electrons. The Balaban J connectivity index is 1.13. The summed E-state index contributed by atoms with van der Waals surface area (Å²) in [6.45, 7) is 21.3. The van der Waals surface area contributed by atoms with E-state index in [1.54, 1.807) is 0 Å². The predicted octanol–water partition coefficient (Wildman–Crippen LogP) is 14.3. The van der Waals surface area contributed by atoms with Gasteiger partial charge in [0, 0.05) is 67.8 Å². The van der Waals surface area contributed by atoms with E-state index in [0.717, 1.165) is 27.6 Å². The molecule has 0 bridgehead atoms. The molecule has 12 rings (SSSR count). The average Bonchev–Trinajstić information content (AvgIpc) is 3.74. The van der Waals surface area contributed by atoms with Crippen LogP contribution in [0.1, 0.15) is 103 Å².